The van der Waals surface area contributed by atoms with E-state index in [0.29, 0.717) is 23.0 Å². The van der Waals surface area contributed by atoms with Gasteiger partial charge in [-0.15, -0.1) is 0 Å². The Bertz CT molecular complexity index is 732. The molecule has 7 heteroatoms. The van der Waals surface area contributed by atoms with Crippen LogP contribution in [0, 0.1) is 18.8 Å². The number of hydrogen-bond donors (Lipinski definition) is 2. The molecule has 0 aromatic heterocycles. The van der Waals surface area contributed by atoms with Crippen molar-refractivity contribution in [3.05, 3.63) is 23.8 Å². The molecule has 0 saturated heterocycles. The number of hydrogen-bond acceptors (Lipinski definition) is 3. The van der Waals surface area contributed by atoms with Crippen LogP contribution in [-0.4, -0.2) is 38.0 Å². The molecule has 0 bridgehead atoms. The van der Waals surface area contributed by atoms with Crippen LogP contribution in [0.1, 0.15) is 38.7 Å². The van der Waals surface area contributed by atoms with E-state index in [2.05, 4.69) is 24.5 Å². The minimum atomic E-state index is -3.47. The summed E-state index contributed by atoms with van der Waals surface area (Å²) in [7, 11) is -0.410. The molecule has 0 radical (unpaired) electrons. The first kappa shape index (κ1) is 20.1. The first-order chi connectivity index (χ1) is 11.6. The van der Waals surface area contributed by atoms with Crippen molar-refractivity contribution in [2.45, 2.75) is 51.0 Å². The highest BCUT2D eigenvalue weighted by molar-refractivity contribution is 7.89. The van der Waals surface area contributed by atoms with Crippen molar-refractivity contribution >= 4 is 33.0 Å². The Labute approximate surface area is 157 Å². The van der Waals surface area contributed by atoms with E-state index >= 15 is 0 Å². The van der Waals surface area contributed by atoms with Crippen LogP contribution in [-0.2, 0) is 10.0 Å². The fourth-order valence-electron chi connectivity index (χ4n) is 3.22. The number of aryl methyl sites for hydroxylation is 1. The van der Waals surface area contributed by atoms with E-state index < -0.39 is 10.0 Å². The molecular weight excluding hydrogens is 354 g/mol. The van der Waals surface area contributed by atoms with Crippen LogP contribution in [0.15, 0.2) is 23.1 Å². The molecule has 1 aliphatic carbocycles. The van der Waals surface area contributed by atoms with Gasteiger partial charge in [0.2, 0.25) is 10.0 Å². The van der Waals surface area contributed by atoms with Crippen molar-refractivity contribution in [2.75, 3.05) is 19.4 Å². The highest BCUT2D eigenvalue weighted by atomic mass is 32.2. The second-order valence-corrected chi connectivity index (χ2v) is 9.80. The van der Waals surface area contributed by atoms with Gasteiger partial charge < -0.3 is 10.6 Å². The molecule has 2 rings (SSSR count). The van der Waals surface area contributed by atoms with E-state index in [4.69, 9.17) is 12.2 Å². The fourth-order valence-corrected chi connectivity index (χ4v) is 4.41. The van der Waals surface area contributed by atoms with Gasteiger partial charge in [-0.05, 0) is 55.1 Å². The molecule has 0 heterocycles. The summed E-state index contributed by atoms with van der Waals surface area (Å²) in [5.41, 5.74) is 1.67. The summed E-state index contributed by atoms with van der Waals surface area (Å²) in [6, 6.07) is 5.42. The van der Waals surface area contributed by atoms with Gasteiger partial charge in [-0.3, -0.25) is 0 Å². The first-order valence-corrected chi connectivity index (χ1v) is 10.6. The Morgan fingerprint density at radius 1 is 1.24 bits per heavy atom. The maximum Gasteiger partial charge on any atom is 0.242 e. The molecule has 0 amide bonds. The molecule has 2 N–H and O–H groups in total. The molecule has 1 fully saturated rings. The molecule has 140 valence electrons. The fraction of sp³-hybridized carbons (Fsp3) is 0.611. The second-order valence-electron chi connectivity index (χ2n) is 7.24. The van der Waals surface area contributed by atoms with Gasteiger partial charge in [0.1, 0.15) is 0 Å². The molecule has 5 nitrogen and oxygen atoms in total. The number of thiocarbonyl (C=S) groups is 1. The first-order valence-electron chi connectivity index (χ1n) is 8.73. The third kappa shape index (κ3) is 4.71. The SMILES string of the molecule is Cc1ccc(S(=O)(=O)N(C)C)cc1NC(=S)N[C@H]1CCC[C@H](C)[C@H]1C. The molecule has 0 aliphatic heterocycles. The number of anilines is 1. The Morgan fingerprint density at radius 2 is 1.92 bits per heavy atom. The van der Waals surface area contributed by atoms with Crippen molar-refractivity contribution in [3.8, 4) is 0 Å². The molecule has 3 atom stereocenters. The van der Waals surface area contributed by atoms with Gasteiger partial charge in [0.25, 0.3) is 0 Å². The predicted molar refractivity (Wildman–Crippen MR) is 107 cm³/mol. The van der Waals surface area contributed by atoms with Crippen LogP contribution < -0.4 is 10.6 Å². The topological polar surface area (TPSA) is 61.4 Å². The highest BCUT2D eigenvalue weighted by Crippen LogP contribution is 2.29. The van der Waals surface area contributed by atoms with Gasteiger partial charge in [-0.25, -0.2) is 12.7 Å². The number of nitrogens with zero attached hydrogens (tertiary/aromatic N) is 1. The summed E-state index contributed by atoms with van der Waals surface area (Å²) >= 11 is 5.47. The van der Waals surface area contributed by atoms with Crippen LogP contribution in [0.2, 0.25) is 0 Å². The van der Waals surface area contributed by atoms with Crippen molar-refractivity contribution in [2.24, 2.45) is 11.8 Å². The zero-order valence-electron chi connectivity index (χ0n) is 15.7. The molecule has 1 aromatic carbocycles. The zero-order valence-corrected chi connectivity index (χ0v) is 17.3. The minimum Gasteiger partial charge on any atom is -0.359 e. The largest absolute Gasteiger partial charge is 0.359 e. The lowest BCUT2D eigenvalue weighted by Crippen LogP contribution is -2.45. The average Bonchev–Trinajstić information content (AvgIpc) is 2.53. The Kier molecular flexibility index (Phi) is 6.45. The lowest BCUT2D eigenvalue weighted by atomic mass is 9.78. The molecular formula is C18H29N3O2S2. The normalized spacial score (nSPS) is 24.2. The van der Waals surface area contributed by atoms with Gasteiger partial charge in [0.05, 0.1) is 4.90 Å². The molecule has 1 aliphatic rings. The van der Waals surface area contributed by atoms with Gasteiger partial charge in [-0.2, -0.15) is 0 Å². The van der Waals surface area contributed by atoms with Gasteiger partial charge >= 0.3 is 0 Å². The molecule has 1 aromatic rings. The van der Waals surface area contributed by atoms with E-state index in [1.165, 1.54) is 31.2 Å². The monoisotopic (exact) mass is 383 g/mol. The summed E-state index contributed by atoms with van der Waals surface area (Å²) in [6.45, 7) is 6.48. The maximum atomic E-state index is 12.3. The predicted octanol–water partition coefficient (Wildman–Crippen LogP) is 3.36. The van der Waals surface area contributed by atoms with E-state index in [0.717, 1.165) is 17.7 Å². The zero-order chi connectivity index (χ0) is 18.8. The standard InChI is InChI=1S/C18H29N3O2S2/c1-12-7-6-8-16(14(12)3)19-18(24)20-17-11-15(10-9-13(17)2)25(22,23)21(4)5/h9-12,14,16H,6-8H2,1-5H3,(H2,19,20,24)/t12-,14+,16-/m0/s1. The maximum absolute atomic E-state index is 12.3. The lowest BCUT2D eigenvalue weighted by molar-refractivity contribution is 0.225. The van der Waals surface area contributed by atoms with Crippen molar-refractivity contribution < 1.29 is 8.42 Å². The van der Waals surface area contributed by atoms with Gasteiger partial charge in [0.15, 0.2) is 5.11 Å². The molecule has 0 unspecified atom stereocenters. The highest BCUT2D eigenvalue weighted by Gasteiger charge is 2.27. The molecule has 0 spiro atoms. The van der Waals surface area contributed by atoms with Crippen LogP contribution in [0.3, 0.4) is 0 Å². The van der Waals surface area contributed by atoms with E-state index in [-0.39, 0.29) is 4.90 Å². The molecule has 1 saturated carbocycles. The van der Waals surface area contributed by atoms with Crippen LogP contribution in [0.25, 0.3) is 0 Å². The van der Waals surface area contributed by atoms with Crippen molar-refractivity contribution in [3.63, 3.8) is 0 Å². The quantitative estimate of drug-likeness (QED) is 0.781. The number of sulfonamides is 1. The van der Waals surface area contributed by atoms with Crippen LogP contribution in [0.4, 0.5) is 5.69 Å². The van der Waals surface area contributed by atoms with Crippen molar-refractivity contribution in [1.29, 1.82) is 0 Å². The Morgan fingerprint density at radius 3 is 2.56 bits per heavy atom. The van der Waals surface area contributed by atoms with Gasteiger partial charge in [0, 0.05) is 25.8 Å². The Hall–Kier alpha value is -1.18. The van der Waals surface area contributed by atoms with Crippen molar-refractivity contribution in [1.82, 2.24) is 9.62 Å². The number of rotatable bonds is 4. The lowest BCUT2D eigenvalue weighted by Gasteiger charge is -2.35. The second kappa shape index (κ2) is 8.01. The smallest absolute Gasteiger partial charge is 0.242 e. The average molecular weight is 384 g/mol. The van der Waals surface area contributed by atoms with Gasteiger partial charge in [-0.1, -0.05) is 32.8 Å². The third-order valence-corrected chi connectivity index (χ3v) is 7.29. The third-order valence-electron chi connectivity index (χ3n) is 5.26. The Balaban J connectivity index is 2.13. The molecule has 25 heavy (non-hydrogen) atoms. The summed E-state index contributed by atoms with van der Waals surface area (Å²) in [5.74, 6) is 1.25. The van der Waals surface area contributed by atoms with E-state index in [1.807, 2.05) is 6.92 Å². The number of nitrogens with one attached hydrogen (secondary N) is 2. The minimum absolute atomic E-state index is 0.257. The van der Waals surface area contributed by atoms with Crippen LogP contribution in [0.5, 0.6) is 0 Å². The summed E-state index contributed by atoms with van der Waals surface area (Å²) in [5, 5.41) is 7.15. The van der Waals surface area contributed by atoms with E-state index in [1.54, 1.807) is 18.2 Å². The van der Waals surface area contributed by atoms with E-state index in [9.17, 15) is 8.42 Å². The summed E-state index contributed by atoms with van der Waals surface area (Å²) in [4.78, 5) is 0.257. The number of benzene rings is 1. The summed E-state index contributed by atoms with van der Waals surface area (Å²) < 4.78 is 25.9. The summed E-state index contributed by atoms with van der Waals surface area (Å²) in [6.07, 6.45) is 3.59. The van der Waals surface area contributed by atoms with Crippen LogP contribution >= 0.6 is 12.2 Å².